The average molecular weight is 434 g/mol. The van der Waals surface area contributed by atoms with Gasteiger partial charge in [-0.3, -0.25) is 19.1 Å². The van der Waals surface area contributed by atoms with Crippen LogP contribution in [0.15, 0.2) is 29.3 Å². The monoisotopic (exact) mass is 433 g/mol. The Kier molecular flexibility index (Phi) is 6.50. The lowest BCUT2D eigenvalue weighted by molar-refractivity contribution is -0.130. The van der Waals surface area contributed by atoms with Crippen LogP contribution in [0.5, 0.6) is 0 Å². The van der Waals surface area contributed by atoms with Gasteiger partial charge in [-0.25, -0.2) is 13.8 Å². The first-order chi connectivity index (χ1) is 14.9. The Morgan fingerprint density at radius 3 is 2.68 bits per heavy atom. The maximum atomic E-state index is 12.6. The minimum Gasteiger partial charge on any atom is -0.369 e. The zero-order valence-electron chi connectivity index (χ0n) is 17.8. The molecule has 4 rings (SSSR count). The first kappa shape index (κ1) is 21.7. The summed E-state index contributed by atoms with van der Waals surface area (Å²) in [5, 5.41) is 0.359. The maximum Gasteiger partial charge on any atom is 0.261 e. The summed E-state index contributed by atoms with van der Waals surface area (Å²) in [4.78, 5) is 35.0. The van der Waals surface area contributed by atoms with Crippen molar-refractivity contribution < 1.29 is 13.6 Å². The van der Waals surface area contributed by atoms with Gasteiger partial charge in [0.05, 0.1) is 23.8 Å². The number of alkyl halides is 2. The number of hydrogen-bond donors (Lipinski definition) is 0. The molecule has 1 aromatic heterocycles. The molecule has 0 spiro atoms. The van der Waals surface area contributed by atoms with Crippen LogP contribution in [0.3, 0.4) is 0 Å². The van der Waals surface area contributed by atoms with E-state index in [-0.39, 0.29) is 5.91 Å². The quantitative estimate of drug-likeness (QED) is 0.722. The molecule has 2 saturated heterocycles. The molecule has 0 saturated carbocycles. The summed E-state index contributed by atoms with van der Waals surface area (Å²) in [5.41, 5.74) is 1.09. The number of hydrogen-bond acceptors (Lipinski definition) is 5. The molecule has 0 N–H and O–H groups in total. The zero-order chi connectivity index (χ0) is 22.0. The van der Waals surface area contributed by atoms with E-state index in [0.717, 1.165) is 62.5 Å². The molecule has 2 aliphatic rings. The van der Waals surface area contributed by atoms with Gasteiger partial charge in [0.25, 0.3) is 12.0 Å². The Morgan fingerprint density at radius 1 is 1.19 bits per heavy atom. The van der Waals surface area contributed by atoms with Crippen LogP contribution < -0.4 is 10.5 Å². The normalized spacial score (nSPS) is 20.6. The second kappa shape index (κ2) is 9.30. The molecule has 1 amide bonds. The molecular weight excluding hydrogens is 404 g/mol. The lowest BCUT2D eigenvalue weighted by atomic mass is 9.97. The Labute approximate surface area is 180 Å². The van der Waals surface area contributed by atoms with E-state index < -0.39 is 18.5 Å². The number of aromatic nitrogens is 2. The van der Waals surface area contributed by atoms with Gasteiger partial charge in [0.15, 0.2) is 0 Å². The Balaban J connectivity index is 1.37. The fraction of sp³-hybridized carbons (Fsp3) is 0.591. The number of halogens is 2. The van der Waals surface area contributed by atoms with Gasteiger partial charge in [0.1, 0.15) is 0 Å². The summed E-state index contributed by atoms with van der Waals surface area (Å²) >= 11 is 0. The number of rotatable bonds is 5. The van der Waals surface area contributed by atoms with Crippen LogP contribution in [-0.4, -0.2) is 77.5 Å². The molecule has 2 fully saturated rings. The van der Waals surface area contributed by atoms with Gasteiger partial charge in [0.2, 0.25) is 5.91 Å². The number of benzene rings is 1. The van der Waals surface area contributed by atoms with Crippen LogP contribution >= 0.6 is 0 Å². The molecule has 9 heteroatoms. The number of anilines is 1. The van der Waals surface area contributed by atoms with Gasteiger partial charge >= 0.3 is 0 Å². The summed E-state index contributed by atoms with van der Waals surface area (Å²) in [6.45, 7) is 7.38. The molecule has 1 unspecified atom stereocenters. The van der Waals surface area contributed by atoms with Crippen molar-refractivity contribution in [2.75, 3.05) is 50.7 Å². The summed E-state index contributed by atoms with van der Waals surface area (Å²) in [7, 11) is 0. The molecule has 0 radical (unpaired) electrons. The van der Waals surface area contributed by atoms with Crippen LogP contribution in [0.25, 0.3) is 10.9 Å². The Hall–Kier alpha value is -2.55. The summed E-state index contributed by atoms with van der Waals surface area (Å²) in [6.07, 6.45) is 0.857. The number of carbonyl (C=O) groups excluding carboxylic acids is 1. The number of nitrogens with zero attached hydrogens (tertiary/aromatic N) is 5. The van der Waals surface area contributed by atoms with Crippen molar-refractivity contribution in [3.63, 3.8) is 0 Å². The summed E-state index contributed by atoms with van der Waals surface area (Å²) < 4.78 is 26.2. The third-order valence-electron chi connectivity index (χ3n) is 6.36. The summed E-state index contributed by atoms with van der Waals surface area (Å²) in [6, 6.07) is 5.43. The third-order valence-corrected chi connectivity index (χ3v) is 6.36. The van der Waals surface area contributed by atoms with Crippen LogP contribution in [0, 0.1) is 5.92 Å². The molecule has 2 aliphatic heterocycles. The van der Waals surface area contributed by atoms with E-state index in [4.69, 9.17) is 0 Å². The highest BCUT2D eigenvalue weighted by Gasteiger charge is 2.25. The standard InChI is InChI=1S/C22H29F2N5O2/c1-16(30)28-6-2-3-17(13-28)12-26-7-9-27(10-8-26)18-4-5-19-20(11-18)25-15-29(22(19)31)14-21(23)24/h4-5,11,15,17,21H,2-3,6-10,12-14H2,1H3. The fourth-order valence-electron chi connectivity index (χ4n) is 4.68. The topological polar surface area (TPSA) is 61.7 Å². The van der Waals surface area contributed by atoms with E-state index in [9.17, 15) is 18.4 Å². The number of fused-ring (bicyclic) bond motifs is 1. The number of amides is 1. The lowest BCUT2D eigenvalue weighted by Gasteiger charge is -2.40. The Morgan fingerprint density at radius 2 is 1.97 bits per heavy atom. The van der Waals surface area contributed by atoms with Gasteiger partial charge in [-0.05, 0) is 37.0 Å². The molecule has 1 atom stereocenters. The molecule has 2 aromatic rings. The van der Waals surface area contributed by atoms with Crippen LogP contribution in [0.4, 0.5) is 14.5 Å². The lowest BCUT2D eigenvalue weighted by Crippen LogP contribution is -2.50. The van der Waals surface area contributed by atoms with E-state index in [1.54, 1.807) is 13.0 Å². The van der Waals surface area contributed by atoms with Gasteiger partial charge < -0.3 is 9.80 Å². The second-order valence-electron chi connectivity index (χ2n) is 8.56. The van der Waals surface area contributed by atoms with Crippen LogP contribution in [-0.2, 0) is 11.3 Å². The molecule has 168 valence electrons. The minimum atomic E-state index is -2.59. The Bertz CT molecular complexity index is 988. The first-order valence-electron chi connectivity index (χ1n) is 10.9. The molecule has 31 heavy (non-hydrogen) atoms. The third kappa shape index (κ3) is 5.03. The highest BCUT2D eigenvalue weighted by Crippen LogP contribution is 2.22. The first-order valence-corrected chi connectivity index (χ1v) is 10.9. The fourth-order valence-corrected chi connectivity index (χ4v) is 4.68. The van der Waals surface area contributed by atoms with E-state index in [1.807, 2.05) is 17.0 Å². The highest BCUT2D eigenvalue weighted by atomic mass is 19.3. The van der Waals surface area contributed by atoms with Crippen molar-refractivity contribution in [3.05, 3.63) is 34.9 Å². The molecule has 1 aromatic carbocycles. The number of piperidine rings is 1. The number of likely N-dealkylation sites (tertiary alicyclic amines) is 1. The number of carbonyl (C=O) groups is 1. The van der Waals surface area contributed by atoms with E-state index in [1.165, 1.54) is 12.7 Å². The van der Waals surface area contributed by atoms with Crippen molar-refractivity contribution in [2.45, 2.75) is 32.7 Å². The maximum absolute atomic E-state index is 12.6. The largest absolute Gasteiger partial charge is 0.369 e. The van der Waals surface area contributed by atoms with Crippen molar-refractivity contribution in [2.24, 2.45) is 5.92 Å². The average Bonchev–Trinajstić information content (AvgIpc) is 2.76. The van der Waals surface area contributed by atoms with E-state index in [0.29, 0.717) is 16.8 Å². The predicted molar refractivity (Wildman–Crippen MR) is 116 cm³/mol. The van der Waals surface area contributed by atoms with Gasteiger partial charge in [-0.15, -0.1) is 0 Å². The van der Waals surface area contributed by atoms with E-state index in [2.05, 4.69) is 14.8 Å². The predicted octanol–water partition coefficient (Wildman–Crippen LogP) is 2.04. The molecule has 7 nitrogen and oxygen atoms in total. The second-order valence-corrected chi connectivity index (χ2v) is 8.56. The molecular formula is C22H29F2N5O2. The SMILES string of the molecule is CC(=O)N1CCCC(CN2CCN(c3ccc4c(=O)n(CC(F)F)cnc4c3)CC2)C1. The van der Waals surface area contributed by atoms with Crippen molar-refractivity contribution in [1.82, 2.24) is 19.4 Å². The van der Waals surface area contributed by atoms with Crippen LogP contribution in [0.2, 0.25) is 0 Å². The zero-order valence-corrected chi connectivity index (χ0v) is 17.8. The summed E-state index contributed by atoms with van der Waals surface area (Å²) in [5.74, 6) is 0.699. The smallest absolute Gasteiger partial charge is 0.261 e. The van der Waals surface area contributed by atoms with Crippen LogP contribution in [0.1, 0.15) is 19.8 Å². The van der Waals surface area contributed by atoms with Gasteiger partial charge in [-0.2, -0.15) is 0 Å². The van der Waals surface area contributed by atoms with Crippen molar-refractivity contribution in [1.29, 1.82) is 0 Å². The molecule has 0 aliphatic carbocycles. The van der Waals surface area contributed by atoms with Gasteiger partial charge in [0, 0.05) is 58.4 Å². The van der Waals surface area contributed by atoms with E-state index >= 15 is 0 Å². The number of piperazine rings is 1. The molecule has 3 heterocycles. The van der Waals surface area contributed by atoms with Crippen molar-refractivity contribution in [3.8, 4) is 0 Å². The van der Waals surface area contributed by atoms with Gasteiger partial charge in [-0.1, -0.05) is 0 Å². The highest BCUT2D eigenvalue weighted by molar-refractivity contribution is 5.81. The molecule has 0 bridgehead atoms. The van der Waals surface area contributed by atoms with Crippen molar-refractivity contribution >= 4 is 22.5 Å². The minimum absolute atomic E-state index is 0.167.